The molecule has 34 heavy (non-hydrogen) atoms. The van der Waals surface area contributed by atoms with Crippen molar-refractivity contribution in [2.75, 3.05) is 19.7 Å². The Morgan fingerprint density at radius 1 is 1.38 bits per heavy atom. The minimum Gasteiger partial charge on any atom is -0.490 e. The molecule has 2 heterocycles. The highest BCUT2D eigenvalue weighted by atomic mass is 16.5. The third-order valence-corrected chi connectivity index (χ3v) is 6.73. The summed E-state index contributed by atoms with van der Waals surface area (Å²) in [5.74, 6) is -0.122. The fraction of sp³-hybridized carbons (Fsp3) is 0.481. The average Bonchev–Trinajstić information content (AvgIpc) is 3.01. The molecule has 1 atom stereocenters. The predicted octanol–water partition coefficient (Wildman–Crippen LogP) is 4.17. The number of nitrogens with zero attached hydrogens (tertiary/aromatic N) is 2. The molecule has 0 aliphatic carbocycles. The van der Waals surface area contributed by atoms with Crippen LogP contribution in [0.2, 0.25) is 0 Å². The van der Waals surface area contributed by atoms with Gasteiger partial charge in [0.2, 0.25) is 0 Å². The van der Waals surface area contributed by atoms with Crippen molar-refractivity contribution < 1.29 is 14.6 Å². The number of carboxylic acids is 1. The molecule has 2 aromatic rings. The summed E-state index contributed by atoms with van der Waals surface area (Å²) in [7, 11) is 0. The summed E-state index contributed by atoms with van der Waals surface area (Å²) in [4.78, 5) is 18.7. The number of nitrogens with two attached hydrogens (primary N) is 1. The van der Waals surface area contributed by atoms with Crippen molar-refractivity contribution in [1.29, 1.82) is 0 Å². The fourth-order valence-corrected chi connectivity index (χ4v) is 4.44. The van der Waals surface area contributed by atoms with Crippen LogP contribution >= 0.6 is 0 Å². The molecule has 0 amide bonds. The highest BCUT2D eigenvalue weighted by molar-refractivity contribution is 5.75. The third kappa shape index (κ3) is 6.29. The van der Waals surface area contributed by atoms with E-state index < -0.39 is 11.4 Å². The average molecular weight is 467 g/mol. The molecule has 184 valence electrons. The number of allylic oxidation sites excluding steroid dienone is 1. The SMILES string of the molecule is CCN/C=C(\N)CCC(c1ccc(C)c(CN2CCOc3cnccc3C2)c1)C(C)(C)C(=O)O. The summed E-state index contributed by atoms with van der Waals surface area (Å²) < 4.78 is 5.87. The highest BCUT2D eigenvalue weighted by Gasteiger charge is 2.37. The van der Waals surface area contributed by atoms with Gasteiger partial charge in [-0.3, -0.25) is 14.7 Å². The summed E-state index contributed by atoms with van der Waals surface area (Å²) in [5.41, 5.74) is 10.6. The first-order valence-corrected chi connectivity index (χ1v) is 12.0. The summed E-state index contributed by atoms with van der Waals surface area (Å²) in [6, 6.07) is 8.38. The van der Waals surface area contributed by atoms with Gasteiger partial charge in [-0.15, -0.1) is 0 Å². The number of hydrogen-bond donors (Lipinski definition) is 3. The topological polar surface area (TPSA) is 101 Å². The first-order chi connectivity index (χ1) is 16.2. The predicted molar refractivity (Wildman–Crippen MR) is 134 cm³/mol. The lowest BCUT2D eigenvalue weighted by molar-refractivity contribution is -0.148. The standard InChI is InChI=1S/C27H38N4O3/c1-5-29-15-23(28)8-9-24(27(3,4)26(32)33)20-7-6-19(2)22(14-20)18-31-12-13-34-25-16-30-11-10-21(25)17-31/h6-7,10-11,14-16,24,29H,5,8-9,12-13,17-18,28H2,1-4H3,(H,32,33)/b23-15-. The summed E-state index contributed by atoms with van der Waals surface area (Å²) in [6.45, 7) is 11.5. The molecule has 7 heteroatoms. The van der Waals surface area contributed by atoms with Crippen LogP contribution in [0.5, 0.6) is 5.75 Å². The van der Waals surface area contributed by atoms with Crippen LogP contribution in [0.1, 0.15) is 61.8 Å². The minimum atomic E-state index is -0.923. The van der Waals surface area contributed by atoms with Gasteiger partial charge in [0.25, 0.3) is 0 Å². The van der Waals surface area contributed by atoms with Crippen LogP contribution in [0.3, 0.4) is 0 Å². The zero-order chi connectivity index (χ0) is 24.7. The van der Waals surface area contributed by atoms with Gasteiger partial charge < -0.3 is 20.9 Å². The third-order valence-electron chi connectivity index (χ3n) is 6.73. The number of hydrogen-bond acceptors (Lipinski definition) is 6. The number of carbonyl (C=O) groups is 1. The molecule has 1 aromatic heterocycles. The maximum absolute atomic E-state index is 12.2. The first-order valence-electron chi connectivity index (χ1n) is 12.0. The minimum absolute atomic E-state index is 0.169. The van der Waals surface area contributed by atoms with Crippen LogP contribution in [0, 0.1) is 12.3 Å². The number of aliphatic carboxylic acids is 1. The lowest BCUT2D eigenvalue weighted by Gasteiger charge is -2.32. The Balaban J connectivity index is 1.85. The number of aryl methyl sites for hydroxylation is 1. The molecular weight excluding hydrogens is 428 g/mol. The van der Waals surface area contributed by atoms with Gasteiger partial charge >= 0.3 is 5.97 Å². The van der Waals surface area contributed by atoms with Gasteiger partial charge in [-0.05, 0) is 69.2 Å². The van der Waals surface area contributed by atoms with Crippen molar-refractivity contribution in [3.8, 4) is 5.75 Å². The van der Waals surface area contributed by atoms with E-state index in [0.717, 1.165) is 48.8 Å². The highest BCUT2D eigenvalue weighted by Crippen LogP contribution is 2.40. The van der Waals surface area contributed by atoms with Crippen molar-refractivity contribution in [3.05, 3.63) is 70.8 Å². The van der Waals surface area contributed by atoms with Gasteiger partial charge in [-0.1, -0.05) is 18.2 Å². The molecule has 1 aliphatic heterocycles. The van der Waals surface area contributed by atoms with Crippen molar-refractivity contribution in [2.24, 2.45) is 11.1 Å². The Bertz CT molecular complexity index is 1020. The molecule has 1 aliphatic rings. The largest absolute Gasteiger partial charge is 0.490 e. The van der Waals surface area contributed by atoms with E-state index in [2.05, 4.69) is 40.3 Å². The zero-order valence-electron chi connectivity index (χ0n) is 20.8. The van der Waals surface area contributed by atoms with Gasteiger partial charge in [0.05, 0.1) is 11.6 Å². The molecule has 0 radical (unpaired) electrons. The lowest BCUT2D eigenvalue weighted by Crippen LogP contribution is -2.32. The van der Waals surface area contributed by atoms with E-state index in [1.165, 1.54) is 11.1 Å². The van der Waals surface area contributed by atoms with Gasteiger partial charge in [-0.2, -0.15) is 0 Å². The van der Waals surface area contributed by atoms with Crippen LogP contribution in [0.15, 0.2) is 48.6 Å². The molecule has 0 bridgehead atoms. The maximum atomic E-state index is 12.2. The van der Waals surface area contributed by atoms with Crippen molar-refractivity contribution in [2.45, 2.75) is 59.5 Å². The van der Waals surface area contributed by atoms with E-state index in [0.29, 0.717) is 19.4 Å². The fourth-order valence-electron chi connectivity index (χ4n) is 4.44. The molecule has 0 saturated heterocycles. The van der Waals surface area contributed by atoms with Crippen LogP contribution in [-0.4, -0.2) is 40.7 Å². The van der Waals surface area contributed by atoms with Gasteiger partial charge in [0.1, 0.15) is 12.4 Å². The number of aromatic nitrogens is 1. The van der Waals surface area contributed by atoms with Crippen LogP contribution in [-0.2, 0) is 17.9 Å². The summed E-state index contributed by atoms with van der Waals surface area (Å²) >= 11 is 0. The smallest absolute Gasteiger partial charge is 0.309 e. The van der Waals surface area contributed by atoms with Crippen molar-refractivity contribution >= 4 is 5.97 Å². The second kappa shape index (κ2) is 11.4. The Kier molecular flexibility index (Phi) is 8.56. The van der Waals surface area contributed by atoms with E-state index in [-0.39, 0.29) is 5.92 Å². The van der Waals surface area contributed by atoms with Crippen molar-refractivity contribution in [1.82, 2.24) is 15.2 Å². The first kappa shape index (κ1) is 25.6. The number of carboxylic acid groups (broad SMARTS) is 1. The molecule has 7 nitrogen and oxygen atoms in total. The maximum Gasteiger partial charge on any atom is 0.309 e. The molecule has 1 unspecified atom stereocenters. The van der Waals surface area contributed by atoms with Gasteiger partial charge in [-0.25, -0.2) is 0 Å². The number of rotatable bonds is 10. The van der Waals surface area contributed by atoms with Crippen LogP contribution < -0.4 is 15.8 Å². The Labute approximate surface area is 203 Å². The number of pyridine rings is 1. The molecule has 0 fully saturated rings. The summed E-state index contributed by atoms with van der Waals surface area (Å²) in [5, 5.41) is 13.1. The van der Waals surface area contributed by atoms with Gasteiger partial charge in [0, 0.05) is 49.8 Å². The lowest BCUT2D eigenvalue weighted by atomic mass is 9.72. The van der Waals surface area contributed by atoms with E-state index in [4.69, 9.17) is 10.5 Å². The number of nitrogens with one attached hydrogen (secondary N) is 1. The number of benzene rings is 1. The number of fused-ring (bicyclic) bond motifs is 1. The zero-order valence-corrected chi connectivity index (χ0v) is 20.8. The normalized spacial score (nSPS) is 15.7. The molecule has 3 rings (SSSR count). The Hall–Kier alpha value is -3.06. The second-order valence-electron chi connectivity index (χ2n) is 9.62. The van der Waals surface area contributed by atoms with E-state index in [1.807, 2.05) is 19.2 Å². The molecular formula is C27H38N4O3. The van der Waals surface area contributed by atoms with Crippen LogP contribution in [0.4, 0.5) is 0 Å². The molecule has 0 spiro atoms. The molecule has 0 saturated carbocycles. The van der Waals surface area contributed by atoms with Crippen molar-refractivity contribution in [3.63, 3.8) is 0 Å². The number of ether oxygens (including phenoxy) is 1. The summed E-state index contributed by atoms with van der Waals surface area (Å²) in [6.07, 6.45) is 6.69. The second-order valence-corrected chi connectivity index (χ2v) is 9.62. The monoisotopic (exact) mass is 466 g/mol. The Morgan fingerprint density at radius 2 is 2.18 bits per heavy atom. The van der Waals surface area contributed by atoms with E-state index in [9.17, 15) is 9.90 Å². The van der Waals surface area contributed by atoms with Gasteiger partial charge in [0.15, 0.2) is 0 Å². The van der Waals surface area contributed by atoms with Crippen LogP contribution in [0.25, 0.3) is 0 Å². The molecule has 4 N–H and O–H groups in total. The Morgan fingerprint density at radius 3 is 2.91 bits per heavy atom. The van der Waals surface area contributed by atoms with E-state index >= 15 is 0 Å². The molecule has 1 aromatic carbocycles. The quantitative estimate of drug-likeness (QED) is 0.483. The van der Waals surface area contributed by atoms with E-state index in [1.54, 1.807) is 26.2 Å².